The predicted molar refractivity (Wildman–Crippen MR) is 61.7 cm³/mol. The number of hydrogen-bond acceptors (Lipinski definition) is 2. The summed E-state index contributed by atoms with van der Waals surface area (Å²) in [7, 11) is 0. The molecule has 1 aliphatic rings. The van der Waals surface area contributed by atoms with Crippen molar-refractivity contribution in [1.29, 1.82) is 5.26 Å². The van der Waals surface area contributed by atoms with Gasteiger partial charge in [-0.25, -0.2) is 4.39 Å². The van der Waals surface area contributed by atoms with Gasteiger partial charge in [0, 0.05) is 18.8 Å². The molecule has 1 aliphatic heterocycles. The van der Waals surface area contributed by atoms with E-state index in [9.17, 15) is 4.39 Å². The number of hydrogen-bond donors (Lipinski definition) is 0. The van der Waals surface area contributed by atoms with Crippen LogP contribution in [-0.4, -0.2) is 13.1 Å². The zero-order valence-electron chi connectivity index (χ0n) is 9.57. The maximum atomic E-state index is 13.1. The molecule has 1 heterocycles. The van der Waals surface area contributed by atoms with E-state index in [0.29, 0.717) is 5.92 Å². The van der Waals surface area contributed by atoms with Crippen molar-refractivity contribution in [3.63, 3.8) is 0 Å². The average molecular weight is 218 g/mol. The van der Waals surface area contributed by atoms with Gasteiger partial charge in [0.1, 0.15) is 11.9 Å². The van der Waals surface area contributed by atoms with Crippen molar-refractivity contribution >= 4 is 5.69 Å². The number of anilines is 1. The Hall–Kier alpha value is -1.56. The third-order valence-corrected chi connectivity index (χ3v) is 3.29. The smallest absolute Gasteiger partial charge is 0.141 e. The normalized spacial score (nSPS) is 16.1. The lowest BCUT2D eigenvalue weighted by atomic mass is 9.88. The fourth-order valence-corrected chi connectivity index (χ4v) is 1.94. The second-order valence-electron chi connectivity index (χ2n) is 4.69. The Morgan fingerprint density at radius 3 is 2.69 bits per heavy atom. The summed E-state index contributed by atoms with van der Waals surface area (Å²) in [4.78, 5) is 2.19. The van der Waals surface area contributed by atoms with Gasteiger partial charge < -0.3 is 4.90 Å². The van der Waals surface area contributed by atoms with Crippen LogP contribution in [0.2, 0.25) is 0 Å². The average Bonchev–Trinajstić information content (AvgIpc) is 2.17. The maximum absolute atomic E-state index is 13.1. The van der Waals surface area contributed by atoms with Crippen LogP contribution in [0.4, 0.5) is 10.1 Å². The molecule has 1 aromatic rings. The molecule has 0 bridgehead atoms. The zero-order chi connectivity index (χ0) is 11.7. The SMILES string of the molecule is CC(C)C1CN(c2ccc(F)c(C#N)c2)C1. The van der Waals surface area contributed by atoms with Crippen LogP contribution in [0.25, 0.3) is 0 Å². The van der Waals surface area contributed by atoms with Gasteiger partial charge in [-0.05, 0) is 30.0 Å². The van der Waals surface area contributed by atoms with E-state index in [1.165, 1.54) is 6.07 Å². The molecular weight excluding hydrogens is 203 g/mol. The summed E-state index contributed by atoms with van der Waals surface area (Å²) in [6.45, 7) is 6.45. The zero-order valence-corrected chi connectivity index (χ0v) is 9.57. The van der Waals surface area contributed by atoms with E-state index in [1.54, 1.807) is 12.1 Å². The van der Waals surface area contributed by atoms with Gasteiger partial charge in [0.15, 0.2) is 0 Å². The summed E-state index contributed by atoms with van der Waals surface area (Å²) >= 11 is 0. The summed E-state index contributed by atoms with van der Waals surface area (Å²) in [5, 5.41) is 8.75. The lowest BCUT2D eigenvalue weighted by Crippen LogP contribution is -2.49. The lowest BCUT2D eigenvalue weighted by molar-refractivity contribution is 0.310. The van der Waals surface area contributed by atoms with Crippen LogP contribution in [0.15, 0.2) is 18.2 Å². The number of benzene rings is 1. The van der Waals surface area contributed by atoms with Gasteiger partial charge in [0.2, 0.25) is 0 Å². The molecule has 1 aromatic carbocycles. The molecule has 84 valence electrons. The minimum Gasteiger partial charge on any atom is -0.371 e. The van der Waals surface area contributed by atoms with Crippen molar-refractivity contribution in [2.75, 3.05) is 18.0 Å². The number of rotatable bonds is 2. The van der Waals surface area contributed by atoms with Crippen molar-refractivity contribution in [2.45, 2.75) is 13.8 Å². The third-order valence-electron chi connectivity index (χ3n) is 3.29. The topological polar surface area (TPSA) is 27.0 Å². The van der Waals surface area contributed by atoms with E-state index in [4.69, 9.17) is 5.26 Å². The summed E-state index contributed by atoms with van der Waals surface area (Å²) in [5.41, 5.74) is 1.08. The minimum absolute atomic E-state index is 0.130. The van der Waals surface area contributed by atoms with E-state index in [0.717, 1.165) is 24.7 Å². The van der Waals surface area contributed by atoms with Crippen LogP contribution in [0, 0.1) is 29.0 Å². The minimum atomic E-state index is -0.438. The lowest BCUT2D eigenvalue weighted by Gasteiger charge is -2.43. The molecule has 0 radical (unpaired) electrons. The number of halogens is 1. The highest BCUT2D eigenvalue weighted by Gasteiger charge is 2.29. The fraction of sp³-hybridized carbons (Fsp3) is 0.462. The Kier molecular flexibility index (Phi) is 2.82. The molecule has 1 saturated heterocycles. The van der Waals surface area contributed by atoms with E-state index in [1.807, 2.05) is 6.07 Å². The van der Waals surface area contributed by atoms with Crippen molar-refractivity contribution in [3.8, 4) is 6.07 Å². The van der Waals surface area contributed by atoms with Gasteiger partial charge in [0.05, 0.1) is 5.56 Å². The Morgan fingerprint density at radius 1 is 1.44 bits per heavy atom. The Bertz CT molecular complexity index is 428. The highest BCUT2D eigenvalue weighted by molar-refractivity contribution is 5.53. The third kappa shape index (κ3) is 1.88. The quantitative estimate of drug-likeness (QED) is 0.763. The fourth-order valence-electron chi connectivity index (χ4n) is 1.94. The standard InChI is InChI=1S/C13H15FN2/c1-9(2)11-7-16(8-11)12-3-4-13(14)10(5-12)6-15/h3-5,9,11H,7-8H2,1-2H3. The summed E-state index contributed by atoms with van der Waals surface area (Å²) in [5.74, 6) is 0.968. The van der Waals surface area contributed by atoms with Crippen molar-refractivity contribution in [2.24, 2.45) is 11.8 Å². The second-order valence-corrected chi connectivity index (χ2v) is 4.69. The Morgan fingerprint density at radius 2 is 2.12 bits per heavy atom. The predicted octanol–water partition coefficient (Wildman–Crippen LogP) is 2.79. The van der Waals surface area contributed by atoms with E-state index in [-0.39, 0.29) is 5.56 Å². The molecule has 0 aliphatic carbocycles. The monoisotopic (exact) mass is 218 g/mol. The molecule has 0 unspecified atom stereocenters. The first-order valence-corrected chi connectivity index (χ1v) is 5.56. The molecule has 16 heavy (non-hydrogen) atoms. The molecule has 0 N–H and O–H groups in total. The van der Waals surface area contributed by atoms with Crippen LogP contribution in [0.1, 0.15) is 19.4 Å². The van der Waals surface area contributed by atoms with Crippen LogP contribution in [0.5, 0.6) is 0 Å². The second kappa shape index (κ2) is 4.13. The molecular formula is C13H15FN2. The highest BCUT2D eigenvalue weighted by Crippen LogP contribution is 2.29. The van der Waals surface area contributed by atoms with E-state index < -0.39 is 5.82 Å². The molecule has 1 fully saturated rings. The van der Waals surface area contributed by atoms with Gasteiger partial charge in [-0.3, -0.25) is 0 Å². The summed E-state index contributed by atoms with van der Waals surface area (Å²) < 4.78 is 13.1. The summed E-state index contributed by atoms with van der Waals surface area (Å²) in [6, 6.07) is 6.62. The van der Waals surface area contributed by atoms with Gasteiger partial charge in [0.25, 0.3) is 0 Å². The molecule has 0 saturated carbocycles. The van der Waals surface area contributed by atoms with Crippen molar-refractivity contribution < 1.29 is 4.39 Å². The van der Waals surface area contributed by atoms with Gasteiger partial charge in [-0.15, -0.1) is 0 Å². The first-order chi connectivity index (χ1) is 7.61. The largest absolute Gasteiger partial charge is 0.371 e. The molecule has 0 amide bonds. The van der Waals surface area contributed by atoms with Crippen molar-refractivity contribution in [1.82, 2.24) is 0 Å². The Labute approximate surface area is 95.3 Å². The molecule has 3 heteroatoms. The number of nitrogens with zero attached hydrogens (tertiary/aromatic N) is 2. The van der Waals surface area contributed by atoms with E-state index >= 15 is 0 Å². The van der Waals surface area contributed by atoms with Gasteiger partial charge in [-0.1, -0.05) is 13.8 Å². The summed E-state index contributed by atoms with van der Waals surface area (Å²) in [6.07, 6.45) is 0. The van der Waals surface area contributed by atoms with Crippen LogP contribution in [0.3, 0.4) is 0 Å². The van der Waals surface area contributed by atoms with Gasteiger partial charge >= 0.3 is 0 Å². The molecule has 0 atom stereocenters. The first kappa shape index (κ1) is 10.9. The van der Waals surface area contributed by atoms with Crippen LogP contribution < -0.4 is 4.90 Å². The molecule has 0 aromatic heterocycles. The molecule has 0 spiro atoms. The highest BCUT2D eigenvalue weighted by atomic mass is 19.1. The first-order valence-electron chi connectivity index (χ1n) is 5.56. The Balaban J connectivity index is 2.10. The maximum Gasteiger partial charge on any atom is 0.141 e. The molecule has 2 rings (SSSR count). The van der Waals surface area contributed by atoms with Gasteiger partial charge in [-0.2, -0.15) is 5.26 Å². The molecule has 2 nitrogen and oxygen atoms in total. The van der Waals surface area contributed by atoms with Crippen LogP contribution in [-0.2, 0) is 0 Å². The van der Waals surface area contributed by atoms with Crippen LogP contribution >= 0.6 is 0 Å². The number of nitriles is 1. The van der Waals surface area contributed by atoms with Crippen molar-refractivity contribution in [3.05, 3.63) is 29.6 Å². The van der Waals surface area contributed by atoms with E-state index in [2.05, 4.69) is 18.7 Å².